The van der Waals surface area contributed by atoms with Gasteiger partial charge in [0.15, 0.2) is 0 Å². The van der Waals surface area contributed by atoms with Crippen LogP contribution >= 0.6 is 0 Å². The third-order valence-corrected chi connectivity index (χ3v) is 2.94. The van der Waals surface area contributed by atoms with Gasteiger partial charge in [-0.25, -0.2) is 0 Å². The number of benzene rings is 1. The predicted octanol–water partition coefficient (Wildman–Crippen LogP) is 2.42. The number of fused-ring (bicyclic) bond motifs is 1. The van der Waals surface area contributed by atoms with E-state index in [4.69, 9.17) is 0 Å². The quantitative estimate of drug-likeness (QED) is 0.845. The lowest BCUT2D eigenvalue weighted by atomic mass is 10.1. The smallest absolute Gasteiger partial charge is 0.223 e. The van der Waals surface area contributed by atoms with Gasteiger partial charge in [0.1, 0.15) is 0 Å². The largest absolute Gasteiger partial charge is 0.384 e. The molecule has 16 heavy (non-hydrogen) atoms. The van der Waals surface area contributed by atoms with Crippen molar-refractivity contribution >= 4 is 17.3 Å². The zero-order valence-electron chi connectivity index (χ0n) is 9.92. The van der Waals surface area contributed by atoms with E-state index in [-0.39, 0.29) is 5.91 Å². The third-order valence-electron chi connectivity index (χ3n) is 2.94. The number of hydrogen-bond donors (Lipinski definition) is 1. The molecule has 0 saturated heterocycles. The summed E-state index contributed by atoms with van der Waals surface area (Å²) in [5.41, 5.74) is 3.53. The van der Waals surface area contributed by atoms with Gasteiger partial charge in [-0.1, -0.05) is 13.0 Å². The minimum atomic E-state index is 0.111. The Morgan fingerprint density at radius 2 is 2.31 bits per heavy atom. The highest BCUT2D eigenvalue weighted by atomic mass is 16.2. The van der Waals surface area contributed by atoms with Gasteiger partial charge in [-0.15, -0.1) is 0 Å². The molecule has 0 unspecified atom stereocenters. The van der Waals surface area contributed by atoms with Crippen molar-refractivity contribution in [2.75, 3.05) is 23.3 Å². The highest BCUT2D eigenvalue weighted by Crippen LogP contribution is 2.27. The molecule has 0 aliphatic carbocycles. The molecule has 0 fully saturated rings. The van der Waals surface area contributed by atoms with Crippen molar-refractivity contribution in [1.29, 1.82) is 0 Å². The molecule has 3 nitrogen and oxygen atoms in total. The van der Waals surface area contributed by atoms with E-state index < -0.39 is 0 Å². The van der Waals surface area contributed by atoms with E-state index in [0.29, 0.717) is 0 Å². The molecule has 0 bridgehead atoms. The van der Waals surface area contributed by atoms with Crippen molar-refractivity contribution in [2.45, 2.75) is 26.7 Å². The summed E-state index contributed by atoms with van der Waals surface area (Å²) in [6.45, 7) is 5.50. The molecule has 0 atom stereocenters. The van der Waals surface area contributed by atoms with Gasteiger partial charge in [-0.2, -0.15) is 0 Å². The number of carbonyl (C=O) groups is 1. The van der Waals surface area contributed by atoms with E-state index in [1.165, 1.54) is 11.3 Å². The standard InChI is InChI=1S/C13H18N2O/c1-3-8-15(10(2)16)12-5-4-11-6-7-14-13(11)9-12/h4-5,9,14H,3,6-8H2,1-2H3. The molecule has 1 aliphatic rings. The summed E-state index contributed by atoms with van der Waals surface area (Å²) in [6, 6.07) is 6.25. The predicted molar refractivity (Wildman–Crippen MR) is 67.0 cm³/mol. The fraction of sp³-hybridized carbons (Fsp3) is 0.462. The monoisotopic (exact) mass is 218 g/mol. The van der Waals surface area contributed by atoms with E-state index in [9.17, 15) is 4.79 Å². The first-order valence-corrected chi connectivity index (χ1v) is 5.87. The summed E-state index contributed by atoms with van der Waals surface area (Å²) in [7, 11) is 0. The summed E-state index contributed by atoms with van der Waals surface area (Å²) in [5, 5.41) is 3.34. The van der Waals surface area contributed by atoms with Crippen molar-refractivity contribution in [3.05, 3.63) is 23.8 Å². The van der Waals surface area contributed by atoms with Crippen molar-refractivity contribution in [2.24, 2.45) is 0 Å². The molecule has 1 aliphatic heterocycles. The van der Waals surface area contributed by atoms with Crippen LogP contribution in [0.2, 0.25) is 0 Å². The molecule has 0 aromatic heterocycles. The van der Waals surface area contributed by atoms with Gasteiger partial charge in [-0.3, -0.25) is 4.79 Å². The Hall–Kier alpha value is -1.51. The summed E-state index contributed by atoms with van der Waals surface area (Å²) < 4.78 is 0. The van der Waals surface area contributed by atoms with Crippen LogP contribution in [-0.2, 0) is 11.2 Å². The van der Waals surface area contributed by atoms with Crippen LogP contribution in [0.1, 0.15) is 25.8 Å². The molecular formula is C13H18N2O. The zero-order chi connectivity index (χ0) is 11.5. The lowest BCUT2D eigenvalue weighted by Crippen LogP contribution is -2.29. The molecule has 86 valence electrons. The first kappa shape index (κ1) is 11.0. The van der Waals surface area contributed by atoms with Crippen LogP contribution in [-0.4, -0.2) is 19.0 Å². The second-order valence-electron chi connectivity index (χ2n) is 4.19. The van der Waals surface area contributed by atoms with E-state index in [1.807, 2.05) is 11.0 Å². The number of carbonyl (C=O) groups excluding carboxylic acids is 1. The van der Waals surface area contributed by atoms with Crippen LogP contribution in [0.3, 0.4) is 0 Å². The molecule has 0 spiro atoms. The summed E-state index contributed by atoms with van der Waals surface area (Å²) in [5.74, 6) is 0.111. The Morgan fingerprint density at radius 3 is 3.00 bits per heavy atom. The van der Waals surface area contributed by atoms with Crippen molar-refractivity contribution in [3.63, 3.8) is 0 Å². The fourth-order valence-electron chi connectivity index (χ4n) is 2.14. The molecule has 1 heterocycles. The van der Waals surface area contributed by atoms with E-state index in [2.05, 4.69) is 24.4 Å². The maximum atomic E-state index is 11.5. The van der Waals surface area contributed by atoms with E-state index >= 15 is 0 Å². The molecule has 0 saturated carbocycles. The molecular weight excluding hydrogens is 200 g/mol. The maximum absolute atomic E-state index is 11.5. The Morgan fingerprint density at radius 1 is 1.50 bits per heavy atom. The average molecular weight is 218 g/mol. The first-order valence-electron chi connectivity index (χ1n) is 5.87. The van der Waals surface area contributed by atoms with Crippen molar-refractivity contribution < 1.29 is 4.79 Å². The normalized spacial score (nSPS) is 13.1. The van der Waals surface area contributed by atoms with E-state index in [0.717, 1.165) is 31.6 Å². The molecule has 1 aromatic carbocycles. The third kappa shape index (κ3) is 2.03. The van der Waals surface area contributed by atoms with Crippen LogP contribution in [0, 0.1) is 0 Å². The molecule has 3 heteroatoms. The van der Waals surface area contributed by atoms with Gasteiger partial charge in [0.25, 0.3) is 0 Å². The topological polar surface area (TPSA) is 32.3 Å². The van der Waals surface area contributed by atoms with Gasteiger partial charge in [0.2, 0.25) is 5.91 Å². The number of nitrogens with one attached hydrogen (secondary N) is 1. The number of hydrogen-bond acceptors (Lipinski definition) is 2. The van der Waals surface area contributed by atoms with Crippen LogP contribution in [0.15, 0.2) is 18.2 Å². The van der Waals surface area contributed by atoms with Gasteiger partial charge in [-0.05, 0) is 30.5 Å². The zero-order valence-corrected chi connectivity index (χ0v) is 9.92. The summed E-state index contributed by atoms with van der Waals surface area (Å²) in [6.07, 6.45) is 2.06. The second kappa shape index (κ2) is 4.56. The Labute approximate surface area is 96.5 Å². The Kier molecular flexibility index (Phi) is 3.13. The van der Waals surface area contributed by atoms with Crippen molar-refractivity contribution in [3.8, 4) is 0 Å². The van der Waals surface area contributed by atoms with Gasteiger partial charge < -0.3 is 10.2 Å². The van der Waals surface area contributed by atoms with Crippen LogP contribution < -0.4 is 10.2 Å². The van der Waals surface area contributed by atoms with Crippen LogP contribution in [0.5, 0.6) is 0 Å². The number of amides is 1. The highest BCUT2D eigenvalue weighted by Gasteiger charge is 2.14. The Balaban J connectivity index is 2.28. The molecule has 2 rings (SSSR count). The van der Waals surface area contributed by atoms with Crippen LogP contribution in [0.25, 0.3) is 0 Å². The summed E-state index contributed by atoms with van der Waals surface area (Å²) >= 11 is 0. The minimum absolute atomic E-state index is 0.111. The Bertz CT molecular complexity index is 401. The van der Waals surface area contributed by atoms with E-state index in [1.54, 1.807) is 6.92 Å². The number of rotatable bonds is 3. The highest BCUT2D eigenvalue weighted by molar-refractivity contribution is 5.92. The van der Waals surface area contributed by atoms with Gasteiger partial charge in [0, 0.05) is 31.4 Å². The lowest BCUT2D eigenvalue weighted by molar-refractivity contribution is -0.116. The van der Waals surface area contributed by atoms with Crippen LogP contribution in [0.4, 0.5) is 11.4 Å². The molecule has 1 aromatic rings. The molecule has 0 radical (unpaired) electrons. The van der Waals surface area contributed by atoms with Crippen molar-refractivity contribution in [1.82, 2.24) is 0 Å². The lowest BCUT2D eigenvalue weighted by Gasteiger charge is -2.21. The van der Waals surface area contributed by atoms with Gasteiger partial charge >= 0.3 is 0 Å². The minimum Gasteiger partial charge on any atom is -0.384 e. The molecule has 1 N–H and O–H groups in total. The number of nitrogens with zero attached hydrogens (tertiary/aromatic N) is 1. The first-order chi connectivity index (χ1) is 7.72. The fourth-order valence-corrected chi connectivity index (χ4v) is 2.14. The maximum Gasteiger partial charge on any atom is 0.223 e. The average Bonchev–Trinajstić information content (AvgIpc) is 2.72. The van der Waals surface area contributed by atoms with Gasteiger partial charge in [0.05, 0.1) is 0 Å². The second-order valence-corrected chi connectivity index (χ2v) is 4.19. The number of anilines is 2. The summed E-state index contributed by atoms with van der Waals surface area (Å²) in [4.78, 5) is 13.4. The molecule has 1 amide bonds. The SMILES string of the molecule is CCCN(C(C)=O)c1ccc2c(c1)NCC2.